The number of hydrogen-bond donors (Lipinski definition) is 3. The van der Waals surface area contributed by atoms with Gasteiger partial charge in [-0.05, 0) is 17.5 Å². The summed E-state index contributed by atoms with van der Waals surface area (Å²) >= 11 is 0. The predicted octanol–water partition coefficient (Wildman–Crippen LogP) is 1.84. The van der Waals surface area contributed by atoms with Gasteiger partial charge in [-0.3, -0.25) is 20.4 Å². The van der Waals surface area contributed by atoms with Gasteiger partial charge in [-0.1, -0.05) is 68.8 Å². The minimum Gasteiger partial charge on any atom is -0.483 e. The maximum absolute atomic E-state index is 12.3. The number of rotatable bonds is 9. The van der Waals surface area contributed by atoms with Crippen molar-refractivity contribution in [2.45, 2.75) is 26.3 Å². The van der Waals surface area contributed by atoms with Gasteiger partial charge in [0.25, 0.3) is 11.8 Å². The molecule has 0 radical (unpaired) electrons. The van der Waals surface area contributed by atoms with Crippen molar-refractivity contribution < 1.29 is 22.7 Å². The first kappa shape index (κ1) is 23.4. The van der Waals surface area contributed by atoms with Crippen molar-refractivity contribution in [1.82, 2.24) is 15.6 Å². The SMILES string of the molecule is CCC(C)C(NS(C)(=O)=O)C(=O)NNC(=O)COc1ccccc1-c1ccccc1. The molecule has 9 heteroatoms. The molecule has 0 aliphatic carbocycles. The molecule has 0 heterocycles. The normalized spacial score (nSPS) is 13.2. The molecule has 0 aliphatic heterocycles. The lowest BCUT2D eigenvalue weighted by molar-refractivity contribution is -0.131. The fourth-order valence-corrected chi connectivity index (χ4v) is 3.53. The lowest BCUT2D eigenvalue weighted by atomic mass is 10.00. The first-order valence-corrected chi connectivity index (χ1v) is 11.4. The van der Waals surface area contributed by atoms with Crippen molar-refractivity contribution in [2.24, 2.45) is 5.92 Å². The number of carbonyl (C=O) groups is 2. The number of hydrogen-bond acceptors (Lipinski definition) is 5. The highest BCUT2D eigenvalue weighted by Gasteiger charge is 2.27. The number of hydrazine groups is 1. The van der Waals surface area contributed by atoms with Crippen LogP contribution in [-0.2, 0) is 19.6 Å². The molecular formula is C21H27N3O5S. The number of sulfonamides is 1. The largest absolute Gasteiger partial charge is 0.483 e. The van der Waals surface area contributed by atoms with Crippen LogP contribution in [0.4, 0.5) is 0 Å². The van der Waals surface area contributed by atoms with E-state index in [-0.39, 0.29) is 12.5 Å². The number of benzene rings is 2. The van der Waals surface area contributed by atoms with E-state index < -0.39 is 27.9 Å². The molecule has 0 saturated heterocycles. The number of carbonyl (C=O) groups excluding carboxylic acids is 2. The summed E-state index contributed by atoms with van der Waals surface area (Å²) in [4.78, 5) is 24.5. The minimum atomic E-state index is -3.59. The van der Waals surface area contributed by atoms with Gasteiger partial charge >= 0.3 is 0 Å². The lowest BCUT2D eigenvalue weighted by Gasteiger charge is -2.22. The molecule has 3 N–H and O–H groups in total. The van der Waals surface area contributed by atoms with Crippen molar-refractivity contribution in [3.05, 3.63) is 54.6 Å². The van der Waals surface area contributed by atoms with E-state index in [1.807, 2.05) is 49.4 Å². The fraction of sp³-hybridized carbons (Fsp3) is 0.333. The molecule has 0 fully saturated rings. The molecule has 0 saturated carbocycles. The van der Waals surface area contributed by atoms with E-state index in [1.165, 1.54) is 0 Å². The molecule has 2 atom stereocenters. The number of nitrogens with one attached hydrogen (secondary N) is 3. The van der Waals surface area contributed by atoms with Crippen LogP contribution in [0, 0.1) is 5.92 Å². The van der Waals surface area contributed by atoms with Gasteiger partial charge in [0, 0.05) is 5.56 Å². The first-order chi connectivity index (χ1) is 14.2. The summed E-state index contributed by atoms with van der Waals surface area (Å²) < 4.78 is 30.9. The van der Waals surface area contributed by atoms with Crippen molar-refractivity contribution in [1.29, 1.82) is 0 Å². The Bertz CT molecular complexity index is 964. The van der Waals surface area contributed by atoms with Crippen LogP contribution in [0.5, 0.6) is 5.75 Å². The van der Waals surface area contributed by atoms with Crippen LogP contribution in [0.1, 0.15) is 20.3 Å². The zero-order chi connectivity index (χ0) is 22.1. The van der Waals surface area contributed by atoms with Gasteiger partial charge in [-0.2, -0.15) is 0 Å². The second-order valence-corrected chi connectivity index (χ2v) is 8.72. The third-order valence-electron chi connectivity index (χ3n) is 4.49. The Labute approximate surface area is 177 Å². The van der Waals surface area contributed by atoms with Gasteiger partial charge in [0.05, 0.1) is 6.26 Å². The van der Waals surface area contributed by atoms with Crippen LogP contribution in [0.25, 0.3) is 11.1 Å². The third-order valence-corrected chi connectivity index (χ3v) is 5.17. The summed E-state index contributed by atoms with van der Waals surface area (Å²) in [7, 11) is -3.59. The summed E-state index contributed by atoms with van der Waals surface area (Å²) in [6, 6.07) is 15.9. The maximum Gasteiger partial charge on any atom is 0.276 e. The summed E-state index contributed by atoms with van der Waals surface area (Å²) in [6.07, 6.45) is 1.56. The summed E-state index contributed by atoms with van der Waals surface area (Å²) in [6.45, 7) is 3.26. The Balaban J connectivity index is 1.95. The van der Waals surface area contributed by atoms with Crippen LogP contribution in [0.15, 0.2) is 54.6 Å². The first-order valence-electron chi connectivity index (χ1n) is 9.54. The topological polar surface area (TPSA) is 114 Å². The van der Waals surface area contributed by atoms with Crippen molar-refractivity contribution in [2.75, 3.05) is 12.9 Å². The molecule has 8 nitrogen and oxygen atoms in total. The van der Waals surface area contributed by atoms with E-state index in [2.05, 4.69) is 15.6 Å². The molecule has 0 aliphatic rings. The molecule has 2 rings (SSSR count). The third kappa shape index (κ3) is 7.16. The molecule has 0 spiro atoms. The second-order valence-electron chi connectivity index (χ2n) is 6.94. The van der Waals surface area contributed by atoms with E-state index in [0.717, 1.165) is 17.4 Å². The molecule has 0 aromatic heterocycles. The van der Waals surface area contributed by atoms with Crippen molar-refractivity contribution in [3.63, 3.8) is 0 Å². The van der Waals surface area contributed by atoms with Gasteiger partial charge in [0.1, 0.15) is 11.8 Å². The van der Waals surface area contributed by atoms with E-state index >= 15 is 0 Å². The Morgan fingerprint density at radius 2 is 1.63 bits per heavy atom. The smallest absolute Gasteiger partial charge is 0.276 e. The average Bonchev–Trinajstić information content (AvgIpc) is 2.74. The maximum atomic E-state index is 12.3. The highest BCUT2D eigenvalue weighted by atomic mass is 32.2. The zero-order valence-corrected chi connectivity index (χ0v) is 18.0. The van der Waals surface area contributed by atoms with Gasteiger partial charge < -0.3 is 4.74 Å². The van der Waals surface area contributed by atoms with E-state index in [1.54, 1.807) is 19.1 Å². The number of ether oxygens (including phenoxy) is 1. The monoisotopic (exact) mass is 433 g/mol. The fourth-order valence-electron chi connectivity index (χ4n) is 2.73. The van der Waals surface area contributed by atoms with Gasteiger partial charge in [-0.25, -0.2) is 13.1 Å². The van der Waals surface area contributed by atoms with E-state index in [4.69, 9.17) is 4.74 Å². The van der Waals surface area contributed by atoms with E-state index in [0.29, 0.717) is 12.2 Å². The molecule has 2 aromatic carbocycles. The predicted molar refractivity (Wildman–Crippen MR) is 115 cm³/mol. The van der Waals surface area contributed by atoms with Crippen LogP contribution >= 0.6 is 0 Å². The average molecular weight is 434 g/mol. The Morgan fingerprint density at radius 1 is 1.00 bits per heavy atom. The number of para-hydroxylation sites is 1. The van der Waals surface area contributed by atoms with Gasteiger partial charge in [0.2, 0.25) is 10.0 Å². The summed E-state index contributed by atoms with van der Waals surface area (Å²) in [5.41, 5.74) is 6.30. The molecule has 30 heavy (non-hydrogen) atoms. The standard InChI is InChI=1S/C21H27N3O5S/c1-4-15(2)20(24-30(3,27)28)21(26)23-22-19(25)14-29-18-13-9-8-12-17(18)16-10-6-5-7-11-16/h5-13,15,20,24H,4,14H2,1-3H3,(H,22,25)(H,23,26). The molecule has 2 amide bonds. The molecule has 2 unspecified atom stereocenters. The van der Waals surface area contributed by atoms with Crippen molar-refractivity contribution in [3.8, 4) is 16.9 Å². The van der Waals surface area contributed by atoms with Crippen LogP contribution in [-0.4, -0.2) is 39.1 Å². The lowest BCUT2D eigenvalue weighted by Crippen LogP contribution is -2.55. The van der Waals surface area contributed by atoms with Gasteiger partial charge in [-0.15, -0.1) is 0 Å². The minimum absolute atomic E-state index is 0.259. The van der Waals surface area contributed by atoms with Crippen LogP contribution < -0.4 is 20.3 Å². The Morgan fingerprint density at radius 3 is 2.27 bits per heavy atom. The van der Waals surface area contributed by atoms with Crippen LogP contribution in [0.2, 0.25) is 0 Å². The highest BCUT2D eigenvalue weighted by molar-refractivity contribution is 7.88. The summed E-state index contributed by atoms with van der Waals surface area (Å²) in [5, 5.41) is 0. The Hall–Kier alpha value is -2.91. The van der Waals surface area contributed by atoms with Gasteiger partial charge in [0.15, 0.2) is 6.61 Å². The number of amides is 2. The Kier molecular flexibility index (Phi) is 8.37. The molecular weight excluding hydrogens is 406 g/mol. The summed E-state index contributed by atoms with van der Waals surface area (Å²) in [5.74, 6) is -0.951. The van der Waals surface area contributed by atoms with E-state index in [9.17, 15) is 18.0 Å². The molecule has 0 bridgehead atoms. The zero-order valence-electron chi connectivity index (χ0n) is 17.2. The molecule has 2 aromatic rings. The van der Waals surface area contributed by atoms with Crippen molar-refractivity contribution >= 4 is 21.8 Å². The second kappa shape index (κ2) is 10.7. The quantitative estimate of drug-likeness (QED) is 0.522. The molecule has 162 valence electrons. The highest BCUT2D eigenvalue weighted by Crippen LogP contribution is 2.29. The van der Waals surface area contributed by atoms with Crippen LogP contribution in [0.3, 0.4) is 0 Å².